The molecule has 3 heteroatoms. The summed E-state index contributed by atoms with van der Waals surface area (Å²) in [4.78, 5) is 11.7. The lowest BCUT2D eigenvalue weighted by Crippen LogP contribution is -2.40. The van der Waals surface area contributed by atoms with Gasteiger partial charge < -0.3 is 5.32 Å². The molecule has 2 nitrogen and oxygen atoms in total. The molecule has 0 heterocycles. The summed E-state index contributed by atoms with van der Waals surface area (Å²) in [6.07, 6.45) is 4.69. The Bertz CT molecular complexity index is 218. The molecule has 0 aromatic heterocycles. The van der Waals surface area contributed by atoms with E-state index in [9.17, 15) is 4.79 Å². The van der Waals surface area contributed by atoms with E-state index < -0.39 is 0 Å². The maximum Gasteiger partial charge on any atom is 0.238 e. The van der Waals surface area contributed by atoms with E-state index in [0.29, 0.717) is 5.92 Å². The van der Waals surface area contributed by atoms with Crippen LogP contribution in [0, 0.1) is 11.8 Å². The monoisotopic (exact) mass is 231 g/mol. The lowest BCUT2D eigenvalue weighted by atomic mass is 9.80. The first-order chi connectivity index (χ1) is 7.00. The van der Waals surface area contributed by atoms with Gasteiger partial charge in [-0.25, -0.2) is 0 Å². The number of halogens is 1. The molecule has 3 atom stereocenters. The predicted octanol–water partition coefficient (Wildman–Crippen LogP) is 2.94. The molecule has 0 spiro atoms. The van der Waals surface area contributed by atoms with E-state index in [1.54, 1.807) is 0 Å². The molecule has 1 aliphatic carbocycles. The van der Waals surface area contributed by atoms with Crippen molar-refractivity contribution in [3.8, 4) is 0 Å². The molecule has 1 N–H and O–H groups in total. The van der Waals surface area contributed by atoms with Gasteiger partial charge in [-0.2, -0.15) is 0 Å². The smallest absolute Gasteiger partial charge is 0.238 e. The first kappa shape index (κ1) is 12.8. The van der Waals surface area contributed by atoms with Gasteiger partial charge in [-0.15, -0.1) is 11.6 Å². The zero-order chi connectivity index (χ0) is 11.4. The Labute approximate surface area is 97.8 Å². The standard InChI is InChI=1S/C12H22ClNO/c1-8(2)14-12(15)11(13)10-6-4-5-9(3)7-10/h8-11H,4-7H2,1-3H3,(H,14,15). The van der Waals surface area contributed by atoms with Gasteiger partial charge in [0.1, 0.15) is 5.38 Å². The lowest BCUT2D eigenvalue weighted by molar-refractivity contribution is -0.122. The molecule has 0 bridgehead atoms. The van der Waals surface area contributed by atoms with Gasteiger partial charge in [-0.1, -0.05) is 19.8 Å². The second kappa shape index (κ2) is 5.74. The molecular formula is C12H22ClNO. The SMILES string of the molecule is CC1CCCC(C(Cl)C(=O)NC(C)C)C1. The number of carbonyl (C=O) groups is 1. The van der Waals surface area contributed by atoms with Crippen molar-refractivity contribution in [2.24, 2.45) is 11.8 Å². The molecule has 0 saturated heterocycles. The highest BCUT2D eigenvalue weighted by atomic mass is 35.5. The summed E-state index contributed by atoms with van der Waals surface area (Å²) in [6, 6.07) is 0.180. The molecule has 0 radical (unpaired) electrons. The van der Waals surface area contributed by atoms with Gasteiger partial charge in [-0.05, 0) is 38.5 Å². The third kappa shape index (κ3) is 4.02. The second-order valence-electron chi connectivity index (χ2n) is 5.10. The Morgan fingerprint density at radius 2 is 2.07 bits per heavy atom. The summed E-state index contributed by atoms with van der Waals surface area (Å²) in [6.45, 7) is 6.17. The van der Waals surface area contributed by atoms with E-state index >= 15 is 0 Å². The van der Waals surface area contributed by atoms with Gasteiger partial charge in [-0.3, -0.25) is 4.79 Å². The number of amides is 1. The van der Waals surface area contributed by atoms with Crippen LogP contribution in [0.3, 0.4) is 0 Å². The summed E-state index contributed by atoms with van der Waals surface area (Å²) in [5, 5.41) is 2.55. The number of hydrogen-bond donors (Lipinski definition) is 1. The van der Waals surface area contributed by atoms with Crippen molar-refractivity contribution < 1.29 is 4.79 Å². The van der Waals surface area contributed by atoms with E-state index in [-0.39, 0.29) is 17.3 Å². The first-order valence-electron chi connectivity index (χ1n) is 5.95. The number of nitrogens with one attached hydrogen (secondary N) is 1. The molecule has 15 heavy (non-hydrogen) atoms. The fraction of sp³-hybridized carbons (Fsp3) is 0.917. The minimum absolute atomic E-state index is 0.00534. The van der Waals surface area contributed by atoms with E-state index in [1.165, 1.54) is 12.8 Å². The Morgan fingerprint density at radius 1 is 1.40 bits per heavy atom. The van der Waals surface area contributed by atoms with Crippen LogP contribution in [0.5, 0.6) is 0 Å². The predicted molar refractivity (Wildman–Crippen MR) is 64.0 cm³/mol. The Balaban J connectivity index is 2.44. The van der Waals surface area contributed by atoms with Gasteiger partial charge in [0.05, 0.1) is 0 Å². The van der Waals surface area contributed by atoms with E-state index in [4.69, 9.17) is 11.6 Å². The number of rotatable bonds is 3. The van der Waals surface area contributed by atoms with Gasteiger partial charge >= 0.3 is 0 Å². The second-order valence-corrected chi connectivity index (χ2v) is 5.57. The minimum atomic E-state index is -0.338. The van der Waals surface area contributed by atoms with E-state index in [0.717, 1.165) is 18.8 Å². The number of alkyl halides is 1. The van der Waals surface area contributed by atoms with Crippen LogP contribution in [0.1, 0.15) is 46.5 Å². The highest BCUT2D eigenvalue weighted by molar-refractivity contribution is 6.31. The van der Waals surface area contributed by atoms with Gasteiger partial charge in [0.15, 0.2) is 0 Å². The summed E-state index contributed by atoms with van der Waals surface area (Å²) in [7, 11) is 0. The maximum absolute atomic E-state index is 11.7. The molecule has 1 rings (SSSR count). The Morgan fingerprint density at radius 3 is 2.60 bits per heavy atom. The normalized spacial score (nSPS) is 28.9. The molecule has 0 aromatic rings. The van der Waals surface area contributed by atoms with Gasteiger partial charge in [0.25, 0.3) is 0 Å². The summed E-state index contributed by atoms with van der Waals surface area (Å²) >= 11 is 6.21. The molecule has 0 aromatic carbocycles. The Kier molecular flexibility index (Phi) is 4.91. The number of carbonyl (C=O) groups excluding carboxylic acids is 1. The van der Waals surface area contributed by atoms with Crippen molar-refractivity contribution >= 4 is 17.5 Å². The number of hydrogen-bond acceptors (Lipinski definition) is 1. The molecule has 1 saturated carbocycles. The first-order valence-corrected chi connectivity index (χ1v) is 6.38. The van der Waals surface area contributed by atoms with Crippen LogP contribution in [0.15, 0.2) is 0 Å². The molecular weight excluding hydrogens is 210 g/mol. The highest BCUT2D eigenvalue weighted by Crippen LogP contribution is 2.32. The van der Waals surface area contributed by atoms with Gasteiger partial charge in [0.2, 0.25) is 5.91 Å². The minimum Gasteiger partial charge on any atom is -0.353 e. The third-order valence-electron chi connectivity index (χ3n) is 3.07. The average molecular weight is 232 g/mol. The van der Waals surface area contributed by atoms with Crippen molar-refractivity contribution in [3.63, 3.8) is 0 Å². The lowest BCUT2D eigenvalue weighted by Gasteiger charge is -2.29. The quantitative estimate of drug-likeness (QED) is 0.744. The summed E-state index contributed by atoms with van der Waals surface area (Å²) in [5.74, 6) is 1.09. The Hall–Kier alpha value is -0.240. The van der Waals surface area contributed by atoms with Gasteiger partial charge in [0, 0.05) is 6.04 Å². The zero-order valence-corrected chi connectivity index (χ0v) is 10.7. The molecule has 1 fully saturated rings. The van der Waals surface area contributed by atoms with Crippen molar-refractivity contribution in [1.82, 2.24) is 5.32 Å². The third-order valence-corrected chi connectivity index (χ3v) is 3.63. The van der Waals surface area contributed by atoms with Crippen LogP contribution in [0.2, 0.25) is 0 Å². The molecule has 3 unspecified atom stereocenters. The van der Waals surface area contributed by atoms with Crippen LogP contribution in [0.4, 0.5) is 0 Å². The van der Waals surface area contributed by atoms with Crippen molar-refractivity contribution in [2.45, 2.75) is 57.9 Å². The molecule has 1 aliphatic rings. The topological polar surface area (TPSA) is 29.1 Å². The maximum atomic E-state index is 11.7. The van der Waals surface area contributed by atoms with Crippen LogP contribution in [-0.4, -0.2) is 17.3 Å². The fourth-order valence-corrected chi connectivity index (χ4v) is 2.62. The van der Waals surface area contributed by atoms with E-state index in [1.807, 2.05) is 13.8 Å². The van der Waals surface area contributed by atoms with Crippen molar-refractivity contribution in [1.29, 1.82) is 0 Å². The summed E-state index contributed by atoms with van der Waals surface area (Å²) in [5.41, 5.74) is 0. The summed E-state index contributed by atoms with van der Waals surface area (Å²) < 4.78 is 0. The molecule has 88 valence electrons. The van der Waals surface area contributed by atoms with Crippen LogP contribution in [0.25, 0.3) is 0 Å². The fourth-order valence-electron chi connectivity index (χ4n) is 2.33. The van der Waals surface area contributed by atoms with Crippen LogP contribution < -0.4 is 5.32 Å². The molecule has 1 amide bonds. The average Bonchev–Trinajstić information content (AvgIpc) is 2.15. The van der Waals surface area contributed by atoms with Crippen molar-refractivity contribution in [3.05, 3.63) is 0 Å². The van der Waals surface area contributed by atoms with E-state index in [2.05, 4.69) is 12.2 Å². The van der Waals surface area contributed by atoms with Crippen molar-refractivity contribution in [2.75, 3.05) is 0 Å². The highest BCUT2D eigenvalue weighted by Gasteiger charge is 2.30. The van der Waals surface area contributed by atoms with Crippen LogP contribution >= 0.6 is 11.6 Å². The van der Waals surface area contributed by atoms with Crippen LogP contribution in [-0.2, 0) is 4.79 Å². The molecule has 0 aliphatic heterocycles. The largest absolute Gasteiger partial charge is 0.353 e. The zero-order valence-electron chi connectivity index (χ0n) is 9.92.